The monoisotopic (exact) mass is 376 g/mol. The summed E-state index contributed by atoms with van der Waals surface area (Å²) in [6.07, 6.45) is 0. The van der Waals surface area contributed by atoms with Gasteiger partial charge in [-0.25, -0.2) is 0 Å². The summed E-state index contributed by atoms with van der Waals surface area (Å²) < 4.78 is 0. The molecule has 1 fully saturated rings. The average Bonchev–Trinajstić information content (AvgIpc) is 2.55. The van der Waals surface area contributed by atoms with E-state index in [1.165, 1.54) is 16.8 Å². The highest BCUT2D eigenvalue weighted by Gasteiger charge is 2.22. The van der Waals surface area contributed by atoms with Gasteiger partial charge in [0.25, 0.3) is 0 Å². The third-order valence-electron chi connectivity index (χ3n) is 4.17. The number of piperazine rings is 1. The summed E-state index contributed by atoms with van der Waals surface area (Å²) in [5, 5.41) is 2.52. The second-order valence-corrected chi connectivity index (χ2v) is 5.57. The first-order valence-electron chi connectivity index (χ1n) is 7.58. The molecule has 1 aromatic rings. The van der Waals surface area contributed by atoms with E-state index in [9.17, 15) is 9.59 Å². The number of nitrogens with zero attached hydrogens (tertiary/aromatic N) is 2. The number of nitrogens with two attached hydrogens (primary N) is 1. The Hall–Kier alpha value is -1.50. The van der Waals surface area contributed by atoms with Crippen molar-refractivity contribution in [3.63, 3.8) is 0 Å². The van der Waals surface area contributed by atoms with Crippen LogP contribution >= 0.6 is 24.8 Å². The summed E-state index contributed by atoms with van der Waals surface area (Å²) in [7, 11) is 0. The number of anilines is 1. The lowest BCUT2D eigenvalue weighted by atomic mass is 10.1. The molecule has 1 aliphatic rings. The van der Waals surface area contributed by atoms with E-state index in [-0.39, 0.29) is 49.7 Å². The van der Waals surface area contributed by atoms with Crippen molar-refractivity contribution >= 4 is 42.3 Å². The highest BCUT2D eigenvalue weighted by atomic mass is 35.5. The first kappa shape index (κ1) is 22.5. The zero-order valence-electron chi connectivity index (χ0n) is 14.1. The zero-order valence-corrected chi connectivity index (χ0v) is 15.7. The molecule has 0 saturated carbocycles. The SMILES string of the molecule is Cc1cccc(N2CCN(C(=O)CNC(=O)CN)CC2)c1C.Cl.Cl. The maximum atomic E-state index is 12.0. The molecule has 3 N–H and O–H groups in total. The van der Waals surface area contributed by atoms with E-state index < -0.39 is 0 Å². The molecule has 1 aromatic carbocycles. The van der Waals surface area contributed by atoms with Crippen LogP contribution in [0.3, 0.4) is 0 Å². The fraction of sp³-hybridized carbons (Fsp3) is 0.500. The smallest absolute Gasteiger partial charge is 0.242 e. The molecule has 24 heavy (non-hydrogen) atoms. The second-order valence-electron chi connectivity index (χ2n) is 5.57. The number of halogens is 2. The Morgan fingerprint density at radius 3 is 2.33 bits per heavy atom. The number of hydrogen-bond acceptors (Lipinski definition) is 4. The molecule has 8 heteroatoms. The van der Waals surface area contributed by atoms with Gasteiger partial charge in [-0.05, 0) is 31.0 Å². The largest absolute Gasteiger partial charge is 0.368 e. The van der Waals surface area contributed by atoms with Crippen LogP contribution in [0.2, 0.25) is 0 Å². The maximum absolute atomic E-state index is 12.0. The minimum Gasteiger partial charge on any atom is -0.368 e. The van der Waals surface area contributed by atoms with Gasteiger partial charge in [-0.15, -0.1) is 24.8 Å². The van der Waals surface area contributed by atoms with Crippen molar-refractivity contribution in [3.05, 3.63) is 29.3 Å². The molecule has 1 aliphatic heterocycles. The number of rotatable bonds is 4. The van der Waals surface area contributed by atoms with Crippen LogP contribution in [0.1, 0.15) is 11.1 Å². The molecule has 0 aromatic heterocycles. The van der Waals surface area contributed by atoms with E-state index >= 15 is 0 Å². The van der Waals surface area contributed by atoms with Crippen molar-refractivity contribution in [1.82, 2.24) is 10.2 Å². The van der Waals surface area contributed by atoms with Gasteiger partial charge in [0.1, 0.15) is 0 Å². The first-order chi connectivity index (χ1) is 10.5. The molecule has 1 saturated heterocycles. The van der Waals surface area contributed by atoms with Gasteiger partial charge in [-0.3, -0.25) is 9.59 Å². The van der Waals surface area contributed by atoms with Crippen LogP contribution in [0.25, 0.3) is 0 Å². The normalized spacial score (nSPS) is 13.6. The van der Waals surface area contributed by atoms with Gasteiger partial charge in [0, 0.05) is 31.9 Å². The molecule has 2 amide bonds. The van der Waals surface area contributed by atoms with E-state index in [0.717, 1.165) is 13.1 Å². The minimum atomic E-state index is -0.303. The zero-order chi connectivity index (χ0) is 16.1. The van der Waals surface area contributed by atoms with Gasteiger partial charge in [-0.1, -0.05) is 12.1 Å². The lowest BCUT2D eigenvalue weighted by Gasteiger charge is -2.37. The van der Waals surface area contributed by atoms with Crippen molar-refractivity contribution in [3.8, 4) is 0 Å². The van der Waals surface area contributed by atoms with Crippen LogP contribution < -0.4 is 16.0 Å². The highest BCUT2D eigenvalue weighted by Crippen LogP contribution is 2.23. The minimum absolute atomic E-state index is 0. The molecule has 0 unspecified atom stereocenters. The third-order valence-corrected chi connectivity index (χ3v) is 4.17. The molecule has 0 bridgehead atoms. The van der Waals surface area contributed by atoms with Crippen LogP contribution in [0.15, 0.2) is 18.2 Å². The molecule has 2 rings (SSSR count). The summed E-state index contributed by atoms with van der Waals surface area (Å²) >= 11 is 0. The summed E-state index contributed by atoms with van der Waals surface area (Å²) in [5.74, 6) is -0.357. The number of amides is 2. The quantitative estimate of drug-likeness (QED) is 0.816. The van der Waals surface area contributed by atoms with Crippen LogP contribution in [0, 0.1) is 13.8 Å². The Morgan fingerprint density at radius 1 is 1.12 bits per heavy atom. The third kappa shape index (κ3) is 5.54. The Labute approximate surface area is 155 Å². The lowest BCUT2D eigenvalue weighted by Crippen LogP contribution is -2.51. The highest BCUT2D eigenvalue weighted by molar-refractivity contribution is 5.86. The number of carbonyl (C=O) groups excluding carboxylic acids is 2. The van der Waals surface area contributed by atoms with Gasteiger partial charge >= 0.3 is 0 Å². The average molecular weight is 377 g/mol. The summed E-state index contributed by atoms with van der Waals surface area (Å²) in [6.45, 7) is 7.13. The number of benzene rings is 1. The molecular weight excluding hydrogens is 351 g/mol. The lowest BCUT2D eigenvalue weighted by molar-refractivity contribution is -0.132. The molecule has 0 atom stereocenters. The van der Waals surface area contributed by atoms with Crippen molar-refractivity contribution in [2.45, 2.75) is 13.8 Å². The van der Waals surface area contributed by atoms with Crippen molar-refractivity contribution in [2.24, 2.45) is 5.73 Å². The van der Waals surface area contributed by atoms with E-state index in [1.807, 2.05) is 0 Å². The van der Waals surface area contributed by atoms with Gasteiger partial charge in [0.15, 0.2) is 0 Å². The Bertz CT molecular complexity index is 561. The van der Waals surface area contributed by atoms with Gasteiger partial charge in [-0.2, -0.15) is 0 Å². The van der Waals surface area contributed by atoms with Gasteiger partial charge in [0.05, 0.1) is 13.1 Å². The Morgan fingerprint density at radius 2 is 1.75 bits per heavy atom. The van der Waals surface area contributed by atoms with Crippen molar-refractivity contribution in [1.29, 1.82) is 0 Å². The standard InChI is InChI=1S/C16H24N4O2.2ClH/c1-12-4-3-5-14(13(12)2)19-6-8-20(9-7-19)16(22)11-18-15(21)10-17;;/h3-5H,6-11,17H2,1-2H3,(H,18,21);2*1H. The van der Waals surface area contributed by atoms with E-state index in [4.69, 9.17) is 5.73 Å². The summed E-state index contributed by atoms with van der Waals surface area (Å²) in [5.41, 5.74) is 9.01. The fourth-order valence-corrected chi connectivity index (χ4v) is 2.63. The van der Waals surface area contributed by atoms with Crippen molar-refractivity contribution in [2.75, 3.05) is 44.2 Å². The number of carbonyl (C=O) groups is 2. The number of hydrogen-bond donors (Lipinski definition) is 2. The van der Waals surface area contributed by atoms with Crippen molar-refractivity contribution < 1.29 is 9.59 Å². The fourth-order valence-electron chi connectivity index (χ4n) is 2.63. The molecule has 1 heterocycles. The predicted octanol–water partition coefficient (Wildman–Crippen LogP) is 0.871. The Kier molecular flexibility index (Phi) is 9.73. The number of aryl methyl sites for hydroxylation is 1. The molecule has 0 spiro atoms. The molecule has 0 radical (unpaired) electrons. The second kappa shape index (κ2) is 10.4. The van der Waals surface area contributed by atoms with Gasteiger partial charge < -0.3 is 20.9 Å². The van der Waals surface area contributed by atoms with Crippen LogP contribution in [0.4, 0.5) is 5.69 Å². The molecule has 6 nitrogen and oxygen atoms in total. The van der Waals surface area contributed by atoms with Crippen LogP contribution in [-0.4, -0.2) is 56.0 Å². The topological polar surface area (TPSA) is 78.7 Å². The van der Waals surface area contributed by atoms with Gasteiger partial charge in [0.2, 0.25) is 11.8 Å². The van der Waals surface area contributed by atoms with E-state index in [2.05, 4.69) is 42.3 Å². The first-order valence-corrected chi connectivity index (χ1v) is 7.58. The Balaban J connectivity index is 0.00000264. The predicted molar refractivity (Wildman–Crippen MR) is 101 cm³/mol. The maximum Gasteiger partial charge on any atom is 0.242 e. The molecule has 136 valence electrons. The molecular formula is C16H26Cl2N4O2. The van der Waals surface area contributed by atoms with E-state index in [0.29, 0.717) is 13.1 Å². The van der Waals surface area contributed by atoms with Crippen LogP contribution in [-0.2, 0) is 9.59 Å². The van der Waals surface area contributed by atoms with Crippen LogP contribution in [0.5, 0.6) is 0 Å². The summed E-state index contributed by atoms with van der Waals surface area (Å²) in [4.78, 5) is 27.2. The molecule has 0 aliphatic carbocycles. The number of nitrogens with one attached hydrogen (secondary N) is 1. The van der Waals surface area contributed by atoms with E-state index in [1.54, 1.807) is 4.90 Å². The summed E-state index contributed by atoms with van der Waals surface area (Å²) in [6, 6.07) is 6.30.